The maximum atomic E-state index is 9.34. The van der Waals surface area contributed by atoms with E-state index in [4.69, 9.17) is 10.2 Å². The Balaban J connectivity index is 3.70. The highest BCUT2D eigenvalue weighted by Crippen LogP contribution is 2.23. The summed E-state index contributed by atoms with van der Waals surface area (Å²) in [7, 11) is 0. The van der Waals surface area contributed by atoms with Gasteiger partial charge in [0.05, 0.1) is 6.61 Å². The molecule has 0 aliphatic carbocycles. The molecule has 0 spiro atoms. The van der Waals surface area contributed by atoms with Gasteiger partial charge in [0, 0.05) is 41.0 Å². The van der Waals surface area contributed by atoms with Crippen LogP contribution in [0.4, 0.5) is 0 Å². The van der Waals surface area contributed by atoms with Gasteiger partial charge in [-0.15, -0.1) is 0 Å². The molecule has 7 heteroatoms. The molecular weight excluding hydrogens is 320 g/mol. The van der Waals surface area contributed by atoms with E-state index in [1.54, 1.807) is 23.5 Å². The lowest BCUT2D eigenvalue weighted by molar-refractivity contribution is 0.296. The summed E-state index contributed by atoms with van der Waals surface area (Å²) in [6.45, 7) is 0.699. The molecule has 0 bridgehead atoms. The van der Waals surface area contributed by atoms with Gasteiger partial charge in [-0.2, -0.15) is 47.9 Å². The second-order valence-corrected chi connectivity index (χ2v) is 8.30. The minimum absolute atomic E-state index is 0.206. The summed E-state index contributed by atoms with van der Waals surface area (Å²) in [5.74, 6) is 4.68. The maximum absolute atomic E-state index is 9.34. The average Bonchev–Trinajstić information content (AvgIpc) is 2.44. The maximum Gasteiger partial charge on any atom is 0.0558 e. The van der Waals surface area contributed by atoms with Crippen molar-refractivity contribution in [3.05, 3.63) is 0 Å². The molecule has 0 aliphatic rings. The molecule has 0 aromatic heterocycles. The molecule has 0 amide bonds. The Morgan fingerprint density at radius 1 is 0.842 bits per heavy atom. The molecule has 0 rings (SSSR count). The van der Waals surface area contributed by atoms with Crippen LogP contribution in [-0.4, -0.2) is 74.4 Å². The number of rotatable bonds is 14. The summed E-state index contributed by atoms with van der Waals surface area (Å²) in [6.07, 6.45) is 1.66. The van der Waals surface area contributed by atoms with E-state index in [9.17, 15) is 5.11 Å². The van der Waals surface area contributed by atoms with Crippen molar-refractivity contribution < 1.29 is 15.3 Å². The van der Waals surface area contributed by atoms with Crippen LogP contribution in [0.5, 0.6) is 0 Å². The summed E-state index contributed by atoms with van der Waals surface area (Å²) in [6, 6.07) is 0. The van der Waals surface area contributed by atoms with Crippen molar-refractivity contribution >= 4 is 47.9 Å². The summed E-state index contributed by atoms with van der Waals surface area (Å²) in [5, 5.41) is 27.6. The van der Waals surface area contributed by atoms with Crippen molar-refractivity contribution in [2.75, 3.05) is 48.6 Å². The SMILES string of the molecule is OCCCSCC(CO)SCC(CS)SCCCO. The molecule has 0 aliphatic heterocycles. The third kappa shape index (κ3) is 12.7. The first-order valence-electron chi connectivity index (χ1n) is 6.52. The quantitative estimate of drug-likeness (QED) is 0.283. The van der Waals surface area contributed by atoms with Crippen molar-refractivity contribution in [3.63, 3.8) is 0 Å². The van der Waals surface area contributed by atoms with E-state index in [2.05, 4.69) is 12.6 Å². The van der Waals surface area contributed by atoms with Crippen LogP contribution in [-0.2, 0) is 0 Å². The molecule has 0 radical (unpaired) electrons. The molecule has 3 nitrogen and oxygen atoms in total. The molecule has 116 valence electrons. The summed E-state index contributed by atoms with van der Waals surface area (Å²) in [4.78, 5) is 0. The minimum Gasteiger partial charge on any atom is -0.396 e. The zero-order valence-electron chi connectivity index (χ0n) is 11.2. The second-order valence-electron chi connectivity index (χ2n) is 4.04. The number of hydrogen-bond donors (Lipinski definition) is 4. The fraction of sp³-hybridized carbons (Fsp3) is 1.00. The van der Waals surface area contributed by atoms with Gasteiger partial charge < -0.3 is 15.3 Å². The van der Waals surface area contributed by atoms with Gasteiger partial charge in [-0.05, 0) is 24.3 Å². The molecule has 19 heavy (non-hydrogen) atoms. The van der Waals surface area contributed by atoms with E-state index < -0.39 is 0 Å². The molecule has 0 saturated carbocycles. The van der Waals surface area contributed by atoms with Crippen LogP contribution in [0.1, 0.15) is 12.8 Å². The number of thiol groups is 1. The van der Waals surface area contributed by atoms with E-state index >= 15 is 0 Å². The number of aliphatic hydroxyl groups is 3. The van der Waals surface area contributed by atoms with Crippen LogP contribution in [0.3, 0.4) is 0 Å². The highest BCUT2D eigenvalue weighted by atomic mass is 32.2. The summed E-state index contributed by atoms with van der Waals surface area (Å²) < 4.78 is 0. The van der Waals surface area contributed by atoms with Crippen molar-refractivity contribution in [1.82, 2.24) is 0 Å². The summed E-state index contributed by atoms with van der Waals surface area (Å²) in [5.41, 5.74) is 0. The van der Waals surface area contributed by atoms with Gasteiger partial charge >= 0.3 is 0 Å². The van der Waals surface area contributed by atoms with E-state index in [1.807, 2.05) is 11.8 Å². The zero-order valence-corrected chi connectivity index (χ0v) is 14.6. The first-order chi connectivity index (χ1) is 9.28. The molecule has 0 aromatic carbocycles. The first-order valence-corrected chi connectivity index (χ1v) is 10.4. The molecular formula is C12H26O3S4. The predicted molar refractivity (Wildman–Crippen MR) is 94.2 cm³/mol. The Kier molecular flexibility index (Phi) is 16.7. The van der Waals surface area contributed by atoms with Gasteiger partial charge in [0.1, 0.15) is 0 Å². The molecule has 0 saturated heterocycles. The molecule has 0 aromatic rings. The standard InChI is InChI=1S/C12H26O3S4/c13-3-1-5-17-9-11(7-15)19-10-12(8-16)18-6-2-4-14/h11-16H,1-10H2. The van der Waals surface area contributed by atoms with Crippen LogP contribution in [0.15, 0.2) is 0 Å². The van der Waals surface area contributed by atoms with Crippen LogP contribution < -0.4 is 0 Å². The van der Waals surface area contributed by atoms with Crippen molar-refractivity contribution in [3.8, 4) is 0 Å². The van der Waals surface area contributed by atoms with Crippen molar-refractivity contribution in [2.24, 2.45) is 0 Å². The highest BCUT2D eigenvalue weighted by Gasteiger charge is 2.13. The lowest BCUT2D eigenvalue weighted by Crippen LogP contribution is -2.18. The third-order valence-electron chi connectivity index (χ3n) is 2.33. The van der Waals surface area contributed by atoms with Crippen LogP contribution >= 0.6 is 47.9 Å². The molecule has 0 heterocycles. The van der Waals surface area contributed by atoms with Crippen molar-refractivity contribution in [1.29, 1.82) is 0 Å². The van der Waals surface area contributed by atoms with Crippen LogP contribution in [0.25, 0.3) is 0 Å². The predicted octanol–water partition coefficient (Wildman–Crippen LogP) is 1.61. The van der Waals surface area contributed by atoms with E-state index in [-0.39, 0.29) is 25.1 Å². The van der Waals surface area contributed by atoms with Gasteiger partial charge in [0.2, 0.25) is 0 Å². The van der Waals surface area contributed by atoms with Gasteiger partial charge in [-0.1, -0.05) is 0 Å². The topological polar surface area (TPSA) is 60.7 Å². The smallest absolute Gasteiger partial charge is 0.0558 e. The van der Waals surface area contributed by atoms with Gasteiger partial charge in [-0.25, -0.2) is 0 Å². The van der Waals surface area contributed by atoms with Gasteiger partial charge in [0.15, 0.2) is 0 Å². The normalized spacial score (nSPS) is 14.5. The summed E-state index contributed by atoms with van der Waals surface area (Å²) >= 11 is 9.80. The number of thioether (sulfide) groups is 3. The lowest BCUT2D eigenvalue weighted by atomic mass is 10.5. The Morgan fingerprint density at radius 2 is 1.53 bits per heavy atom. The average molecular weight is 347 g/mol. The fourth-order valence-corrected chi connectivity index (χ4v) is 5.47. The highest BCUT2D eigenvalue weighted by molar-refractivity contribution is 8.05. The van der Waals surface area contributed by atoms with E-state index in [1.165, 1.54) is 0 Å². The molecule has 2 atom stereocenters. The number of aliphatic hydroxyl groups excluding tert-OH is 3. The molecule has 2 unspecified atom stereocenters. The molecule has 0 fully saturated rings. The minimum atomic E-state index is 0.206. The number of hydrogen-bond acceptors (Lipinski definition) is 7. The van der Waals surface area contributed by atoms with Gasteiger partial charge in [-0.3, -0.25) is 0 Å². The Morgan fingerprint density at radius 3 is 2.11 bits per heavy atom. The van der Waals surface area contributed by atoms with Gasteiger partial charge in [0.25, 0.3) is 0 Å². The van der Waals surface area contributed by atoms with Crippen LogP contribution in [0.2, 0.25) is 0 Å². The van der Waals surface area contributed by atoms with Crippen LogP contribution in [0, 0.1) is 0 Å². The zero-order chi connectivity index (χ0) is 14.3. The third-order valence-corrected chi connectivity index (χ3v) is 7.37. The second kappa shape index (κ2) is 15.7. The fourth-order valence-electron chi connectivity index (χ4n) is 1.25. The largest absolute Gasteiger partial charge is 0.396 e. The Bertz CT molecular complexity index is 186. The van der Waals surface area contributed by atoms with E-state index in [0.717, 1.165) is 41.6 Å². The Hall–Kier alpha value is 1.28. The molecule has 3 N–H and O–H groups in total. The Labute approximate surface area is 135 Å². The van der Waals surface area contributed by atoms with E-state index in [0.29, 0.717) is 5.25 Å². The van der Waals surface area contributed by atoms with Crippen molar-refractivity contribution in [2.45, 2.75) is 23.3 Å². The lowest BCUT2D eigenvalue weighted by Gasteiger charge is -2.18. The monoisotopic (exact) mass is 346 g/mol. The first kappa shape index (κ1) is 20.3.